The van der Waals surface area contributed by atoms with Crippen LogP contribution in [0.15, 0.2) is 30.6 Å². The number of carbonyl (C=O) groups is 1. The van der Waals surface area contributed by atoms with Gasteiger partial charge in [-0.15, -0.1) is 10.2 Å². The third-order valence-corrected chi connectivity index (χ3v) is 5.30. The molecule has 1 saturated carbocycles. The van der Waals surface area contributed by atoms with Crippen molar-refractivity contribution in [1.29, 1.82) is 0 Å². The number of aryl methyl sites for hydroxylation is 1. The molecule has 1 unspecified atom stereocenters. The van der Waals surface area contributed by atoms with Crippen LogP contribution in [0.4, 0.5) is 0 Å². The summed E-state index contributed by atoms with van der Waals surface area (Å²) in [5, 5.41) is 8.48. The minimum absolute atomic E-state index is 0.0131. The van der Waals surface area contributed by atoms with Gasteiger partial charge in [0.1, 0.15) is 12.1 Å². The third-order valence-electron chi connectivity index (χ3n) is 5.30. The molecule has 2 heterocycles. The van der Waals surface area contributed by atoms with Gasteiger partial charge in [-0.05, 0) is 57.1 Å². The van der Waals surface area contributed by atoms with E-state index in [1.165, 1.54) is 18.4 Å². The predicted molar refractivity (Wildman–Crippen MR) is 97.7 cm³/mol. The molecular formula is C20H26N4O2. The Balaban J connectivity index is 1.43. The van der Waals surface area contributed by atoms with E-state index in [9.17, 15) is 4.79 Å². The Kier molecular flexibility index (Phi) is 4.91. The summed E-state index contributed by atoms with van der Waals surface area (Å²) >= 11 is 0. The number of aromatic nitrogens is 3. The van der Waals surface area contributed by atoms with Crippen molar-refractivity contribution in [3.05, 3.63) is 42.0 Å². The molecule has 6 nitrogen and oxygen atoms in total. The lowest BCUT2D eigenvalue weighted by Gasteiger charge is -2.35. The molecule has 26 heavy (non-hydrogen) atoms. The van der Waals surface area contributed by atoms with Gasteiger partial charge in [-0.25, -0.2) is 0 Å². The molecule has 4 rings (SSSR count). The van der Waals surface area contributed by atoms with Gasteiger partial charge in [0.25, 0.3) is 5.91 Å². The monoisotopic (exact) mass is 354 g/mol. The van der Waals surface area contributed by atoms with Gasteiger partial charge in [-0.3, -0.25) is 4.79 Å². The molecule has 0 N–H and O–H groups in total. The van der Waals surface area contributed by atoms with Gasteiger partial charge in [0.2, 0.25) is 0 Å². The van der Waals surface area contributed by atoms with Crippen LogP contribution in [-0.4, -0.2) is 38.7 Å². The van der Waals surface area contributed by atoms with Crippen LogP contribution >= 0.6 is 0 Å². The van der Waals surface area contributed by atoms with E-state index in [1.807, 2.05) is 42.4 Å². The van der Waals surface area contributed by atoms with Gasteiger partial charge in [-0.2, -0.15) is 0 Å². The highest BCUT2D eigenvalue weighted by Gasteiger charge is 2.32. The number of ether oxygens (including phenoxy) is 1. The lowest BCUT2D eigenvalue weighted by Crippen LogP contribution is -2.42. The SMILES string of the molecule is Cc1ccc(OCC(=O)N2CCCCC2c2nncn2CC2CC2)cc1. The first kappa shape index (κ1) is 17.1. The fourth-order valence-electron chi connectivity index (χ4n) is 3.60. The summed E-state index contributed by atoms with van der Waals surface area (Å²) < 4.78 is 7.86. The lowest BCUT2D eigenvalue weighted by molar-refractivity contribution is -0.137. The molecule has 138 valence electrons. The molecule has 6 heteroatoms. The highest BCUT2D eigenvalue weighted by molar-refractivity contribution is 5.78. The maximum atomic E-state index is 12.8. The first-order chi connectivity index (χ1) is 12.7. The fraction of sp³-hybridized carbons (Fsp3) is 0.550. The maximum Gasteiger partial charge on any atom is 0.261 e. The molecule has 1 aliphatic heterocycles. The first-order valence-corrected chi connectivity index (χ1v) is 9.57. The Morgan fingerprint density at radius 2 is 2.00 bits per heavy atom. The van der Waals surface area contributed by atoms with Gasteiger partial charge in [0.05, 0.1) is 6.04 Å². The van der Waals surface area contributed by atoms with E-state index < -0.39 is 0 Å². The van der Waals surface area contributed by atoms with Crippen LogP contribution in [0.2, 0.25) is 0 Å². The molecule has 2 aliphatic rings. The number of piperidine rings is 1. The number of hydrogen-bond acceptors (Lipinski definition) is 4. The van der Waals surface area contributed by atoms with E-state index in [0.29, 0.717) is 0 Å². The smallest absolute Gasteiger partial charge is 0.261 e. The van der Waals surface area contributed by atoms with Crippen LogP contribution in [0.3, 0.4) is 0 Å². The van der Waals surface area contributed by atoms with Gasteiger partial charge >= 0.3 is 0 Å². The highest BCUT2D eigenvalue weighted by atomic mass is 16.5. The van der Waals surface area contributed by atoms with E-state index in [1.54, 1.807) is 0 Å². The second kappa shape index (κ2) is 7.48. The fourth-order valence-corrected chi connectivity index (χ4v) is 3.60. The molecule has 1 aliphatic carbocycles. The van der Waals surface area contributed by atoms with Crippen molar-refractivity contribution in [3.8, 4) is 5.75 Å². The van der Waals surface area contributed by atoms with Gasteiger partial charge < -0.3 is 14.2 Å². The van der Waals surface area contributed by atoms with Crippen LogP contribution in [0.1, 0.15) is 49.5 Å². The van der Waals surface area contributed by atoms with Crippen molar-refractivity contribution < 1.29 is 9.53 Å². The lowest BCUT2D eigenvalue weighted by atomic mass is 10.0. The standard InChI is InChI=1S/C20H26N4O2/c1-15-5-9-17(10-6-15)26-13-19(25)24-11-3-2-4-18(24)20-22-21-14-23(20)12-16-7-8-16/h5-6,9-10,14,16,18H,2-4,7-8,11-13H2,1H3. The number of benzene rings is 1. The predicted octanol–water partition coefficient (Wildman–Crippen LogP) is 3.13. The zero-order valence-electron chi connectivity index (χ0n) is 15.3. The molecule has 1 aromatic carbocycles. The number of carbonyl (C=O) groups excluding carboxylic acids is 1. The highest BCUT2D eigenvalue weighted by Crippen LogP contribution is 2.34. The Morgan fingerprint density at radius 1 is 1.19 bits per heavy atom. The van der Waals surface area contributed by atoms with Crippen molar-refractivity contribution in [1.82, 2.24) is 19.7 Å². The molecular weight excluding hydrogens is 328 g/mol. The Labute approximate surface area is 154 Å². The van der Waals surface area contributed by atoms with Crippen molar-refractivity contribution >= 4 is 5.91 Å². The summed E-state index contributed by atoms with van der Waals surface area (Å²) in [4.78, 5) is 14.8. The Bertz CT molecular complexity index is 751. The van der Waals surface area contributed by atoms with Gasteiger partial charge in [-0.1, -0.05) is 17.7 Å². The van der Waals surface area contributed by atoms with E-state index in [2.05, 4.69) is 14.8 Å². The van der Waals surface area contributed by atoms with Crippen LogP contribution in [0.25, 0.3) is 0 Å². The molecule has 2 fully saturated rings. The first-order valence-electron chi connectivity index (χ1n) is 9.57. The van der Waals surface area contributed by atoms with E-state index in [-0.39, 0.29) is 18.6 Å². The third kappa shape index (κ3) is 3.89. The summed E-state index contributed by atoms with van der Waals surface area (Å²) in [6, 6.07) is 7.80. The maximum absolute atomic E-state index is 12.8. The summed E-state index contributed by atoms with van der Waals surface area (Å²) in [7, 11) is 0. The van der Waals surface area contributed by atoms with E-state index in [0.717, 1.165) is 49.8 Å². The summed E-state index contributed by atoms with van der Waals surface area (Å²) in [5.74, 6) is 2.44. The van der Waals surface area contributed by atoms with Crippen LogP contribution in [-0.2, 0) is 11.3 Å². The van der Waals surface area contributed by atoms with Gasteiger partial charge in [0.15, 0.2) is 12.4 Å². The van der Waals surface area contributed by atoms with E-state index >= 15 is 0 Å². The van der Waals surface area contributed by atoms with Crippen LogP contribution in [0.5, 0.6) is 5.75 Å². The van der Waals surface area contributed by atoms with Crippen molar-refractivity contribution in [2.24, 2.45) is 5.92 Å². The van der Waals surface area contributed by atoms with Gasteiger partial charge in [0, 0.05) is 13.1 Å². The molecule has 2 aromatic rings. The van der Waals surface area contributed by atoms with Crippen LogP contribution in [0, 0.1) is 12.8 Å². The van der Waals surface area contributed by atoms with Crippen molar-refractivity contribution in [3.63, 3.8) is 0 Å². The molecule has 1 atom stereocenters. The largest absolute Gasteiger partial charge is 0.484 e. The minimum atomic E-state index is 0.0131. The zero-order chi connectivity index (χ0) is 17.9. The van der Waals surface area contributed by atoms with E-state index in [4.69, 9.17) is 4.74 Å². The van der Waals surface area contributed by atoms with Crippen molar-refractivity contribution in [2.45, 2.75) is 51.6 Å². The van der Waals surface area contributed by atoms with Crippen LogP contribution < -0.4 is 4.74 Å². The number of amides is 1. The molecule has 0 radical (unpaired) electrons. The number of rotatable bonds is 6. The minimum Gasteiger partial charge on any atom is -0.484 e. The molecule has 0 bridgehead atoms. The summed E-state index contributed by atoms with van der Waals surface area (Å²) in [5.41, 5.74) is 1.18. The number of nitrogens with zero attached hydrogens (tertiary/aromatic N) is 4. The summed E-state index contributed by atoms with van der Waals surface area (Å²) in [6.07, 6.45) is 7.48. The molecule has 0 spiro atoms. The topological polar surface area (TPSA) is 60.2 Å². The zero-order valence-corrected chi connectivity index (χ0v) is 15.3. The quantitative estimate of drug-likeness (QED) is 0.800. The Hall–Kier alpha value is -2.37. The average Bonchev–Trinajstić information content (AvgIpc) is 3.36. The average molecular weight is 354 g/mol. The second-order valence-electron chi connectivity index (χ2n) is 7.49. The second-order valence-corrected chi connectivity index (χ2v) is 7.49. The number of hydrogen-bond donors (Lipinski definition) is 0. The normalized spacial score (nSPS) is 20.2. The molecule has 1 aromatic heterocycles. The molecule has 1 amide bonds. The number of likely N-dealkylation sites (tertiary alicyclic amines) is 1. The van der Waals surface area contributed by atoms with Crippen molar-refractivity contribution in [2.75, 3.05) is 13.2 Å². The Morgan fingerprint density at radius 3 is 2.77 bits per heavy atom. The summed E-state index contributed by atoms with van der Waals surface area (Å²) in [6.45, 7) is 3.83. The molecule has 1 saturated heterocycles.